The normalized spacial score (nSPS) is 17.2. The molecule has 112 valence electrons. The van der Waals surface area contributed by atoms with Crippen LogP contribution in [0.25, 0.3) is 0 Å². The first kappa shape index (κ1) is 15.4. The lowest BCUT2D eigenvalue weighted by Gasteiger charge is -2.21. The van der Waals surface area contributed by atoms with Crippen LogP contribution in [0.4, 0.5) is 19.0 Å². The van der Waals surface area contributed by atoms with Crippen molar-refractivity contribution in [2.45, 2.75) is 44.7 Å². The van der Waals surface area contributed by atoms with Gasteiger partial charge in [0, 0.05) is 12.6 Å². The van der Waals surface area contributed by atoms with Crippen LogP contribution in [0.2, 0.25) is 5.28 Å². The summed E-state index contributed by atoms with van der Waals surface area (Å²) in [5.41, 5.74) is -1.02. The molecule has 0 bridgehead atoms. The van der Waals surface area contributed by atoms with Gasteiger partial charge in [0.05, 0.1) is 0 Å². The highest BCUT2D eigenvalue weighted by Gasteiger charge is 2.33. The molecule has 0 spiro atoms. The Bertz CT molecular complexity index is 445. The van der Waals surface area contributed by atoms with E-state index in [9.17, 15) is 13.2 Å². The summed E-state index contributed by atoms with van der Waals surface area (Å²) >= 11 is 5.52. The van der Waals surface area contributed by atoms with Crippen molar-refractivity contribution >= 4 is 17.4 Å². The Kier molecular flexibility index (Phi) is 5.07. The number of hydrogen-bond donors (Lipinski definition) is 1. The highest BCUT2D eigenvalue weighted by atomic mass is 35.5. The summed E-state index contributed by atoms with van der Waals surface area (Å²) in [6.45, 7) is 0.606. The molecule has 1 fully saturated rings. The summed E-state index contributed by atoms with van der Waals surface area (Å²) in [6, 6.07) is 0.896. The maximum Gasteiger partial charge on any atom is 0.433 e. The van der Waals surface area contributed by atoms with E-state index in [4.69, 9.17) is 11.6 Å². The van der Waals surface area contributed by atoms with Gasteiger partial charge in [-0.25, -0.2) is 9.97 Å². The Morgan fingerprint density at radius 3 is 2.55 bits per heavy atom. The Morgan fingerprint density at radius 2 is 1.90 bits per heavy atom. The maximum absolute atomic E-state index is 12.6. The van der Waals surface area contributed by atoms with E-state index in [1.54, 1.807) is 0 Å². The molecule has 0 aromatic carbocycles. The first-order valence-electron chi connectivity index (χ1n) is 6.81. The molecule has 1 heterocycles. The number of rotatable bonds is 4. The third kappa shape index (κ3) is 4.51. The van der Waals surface area contributed by atoms with Crippen LogP contribution in [0.1, 0.15) is 44.2 Å². The predicted molar refractivity (Wildman–Crippen MR) is 71.7 cm³/mol. The molecule has 7 heteroatoms. The first-order chi connectivity index (χ1) is 9.45. The number of nitrogens with zero attached hydrogens (tertiary/aromatic N) is 2. The van der Waals surface area contributed by atoms with Gasteiger partial charge in [0.1, 0.15) is 5.82 Å². The van der Waals surface area contributed by atoms with Gasteiger partial charge in [-0.2, -0.15) is 13.2 Å². The molecule has 0 radical (unpaired) electrons. The molecule has 0 unspecified atom stereocenters. The van der Waals surface area contributed by atoms with Gasteiger partial charge in [-0.15, -0.1) is 0 Å². The minimum absolute atomic E-state index is 0.133. The SMILES string of the molecule is FC(F)(F)c1cc(NCCC2CCCCC2)nc(Cl)n1. The predicted octanol–water partition coefficient (Wildman–Crippen LogP) is 4.53. The molecule has 0 amide bonds. The maximum atomic E-state index is 12.6. The number of alkyl halides is 3. The average molecular weight is 308 g/mol. The second kappa shape index (κ2) is 6.61. The molecular formula is C13H17ClF3N3. The van der Waals surface area contributed by atoms with Gasteiger partial charge in [-0.1, -0.05) is 32.1 Å². The fraction of sp³-hybridized carbons (Fsp3) is 0.692. The molecule has 1 saturated carbocycles. The molecule has 1 aliphatic carbocycles. The second-order valence-electron chi connectivity index (χ2n) is 5.12. The number of hydrogen-bond acceptors (Lipinski definition) is 3. The molecule has 1 aromatic rings. The smallest absolute Gasteiger partial charge is 0.370 e. The molecule has 0 atom stereocenters. The van der Waals surface area contributed by atoms with E-state index < -0.39 is 11.9 Å². The van der Waals surface area contributed by atoms with Crippen molar-refractivity contribution in [2.24, 2.45) is 5.92 Å². The van der Waals surface area contributed by atoms with E-state index in [1.807, 2.05) is 0 Å². The minimum atomic E-state index is -4.51. The van der Waals surface area contributed by atoms with Crippen molar-refractivity contribution in [1.82, 2.24) is 9.97 Å². The van der Waals surface area contributed by atoms with E-state index >= 15 is 0 Å². The van der Waals surface area contributed by atoms with Crippen LogP contribution in [0.3, 0.4) is 0 Å². The zero-order valence-corrected chi connectivity index (χ0v) is 11.8. The highest BCUT2D eigenvalue weighted by molar-refractivity contribution is 6.28. The van der Waals surface area contributed by atoms with Gasteiger partial charge < -0.3 is 5.32 Å². The Labute approximate surface area is 120 Å². The number of halogens is 4. The zero-order valence-electron chi connectivity index (χ0n) is 11.0. The van der Waals surface area contributed by atoms with Gasteiger partial charge in [0.15, 0.2) is 5.69 Å². The van der Waals surface area contributed by atoms with Gasteiger partial charge in [0.25, 0.3) is 0 Å². The van der Waals surface area contributed by atoms with Gasteiger partial charge in [-0.3, -0.25) is 0 Å². The van der Waals surface area contributed by atoms with Crippen molar-refractivity contribution in [3.63, 3.8) is 0 Å². The average Bonchev–Trinajstić information content (AvgIpc) is 2.38. The summed E-state index contributed by atoms with van der Waals surface area (Å²) in [7, 11) is 0. The molecule has 20 heavy (non-hydrogen) atoms. The van der Waals surface area contributed by atoms with E-state index in [2.05, 4.69) is 15.3 Å². The summed E-state index contributed by atoms with van der Waals surface area (Å²) in [5.74, 6) is 0.795. The molecular weight excluding hydrogens is 291 g/mol. The number of nitrogens with one attached hydrogen (secondary N) is 1. The van der Waals surface area contributed by atoms with E-state index in [1.165, 1.54) is 32.1 Å². The van der Waals surface area contributed by atoms with Gasteiger partial charge in [0.2, 0.25) is 5.28 Å². The van der Waals surface area contributed by atoms with Crippen LogP contribution in [0, 0.1) is 5.92 Å². The van der Waals surface area contributed by atoms with Gasteiger partial charge in [-0.05, 0) is 23.9 Å². The van der Waals surface area contributed by atoms with Crippen molar-refractivity contribution in [1.29, 1.82) is 0 Å². The van der Waals surface area contributed by atoms with Crippen LogP contribution in [0.15, 0.2) is 6.07 Å². The Hall–Kier alpha value is -1.04. The van der Waals surface area contributed by atoms with Crippen molar-refractivity contribution in [3.05, 3.63) is 17.0 Å². The lowest BCUT2D eigenvalue weighted by molar-refractivity contribution is -0.141. The summed E-state index contributed by atoms with van der Waals surface area (Å²) in [6.07, 6.45) is 2.65. The van der Waals surface area contributed by atoms with Crippen LogP contribution in [-0.4, -0.2) is 16.5 Å². The Morgan fingerprint density at radius 1 is 1.20 bits per heavy atom. The first-order valence-corrected chi connectivity index (χ1v) is 7.18. The number of anilines is 1. The largest absolute Gasteiger partial charge is 0.433 e. The third-order valence-corrected chi connectivity index (χ3v) is 3.74. The fourth-order valence-corrected chi connectivity index (χ4v) is 2.72. The fourth-order valence-electron chi connectivity index (χ4n) is 2.53. The topological polar surface area (TPSA) is 37.8 Å². The molecule has 1 aliphatic rings. The van der Waals surface area contributed by atoms with E-state index in [0.717, 1.165) is 12.5 Å². The summed E-state index contributed by atoms with van der Waals surface area (Å²) < 4.78 is 37.8. The van der Waals surface area contributed by atoms with Gasteiger partial charge >= 0.3 is 6.18 Å². The lowest BCUT2D eigenvalue weighted by atomic mass is 9.87. The highest BCUT2D eigenvalue weighted by Crippen LogP contribution is 2.30. The minimum Gasteiger partial charge on any atom is -0.370 e. The third-order valence-electron chi connectivity index (χ3n) is 3.57. The molecule has 1 aromatic heterocycles. The van der Waals surface area contributed by atoms with Crippen LogP contribution in [0.5, 0.6) is 0 Å². The number of aromatic nitrogens is 2. The van der Waals surface area contributed by atoms with Crippen molar-refractivity contribution < 1.29 is 13.2 Å². The van der Waals surface area contributed by atoms with Crippen molar-refractivity contribution in [3.8, 4) is 0 Å². The summed E-state index contributed by atoms with van der Waals surface area (Å²) in [5, 5.41) is 2.52. The van der Waals surface area contributed by atoms with E-state index in [0.29, 0.717) is 12.5 Å². The molecule has 3 nitrogen and oxygen atoms in total. The van der Waals surface area contributed by atoms with Crippen LogP contribution in [-0.2, 0) is 6.18 Å². The standard InChI is InChI=1S/C13H17ClF3N3/c14-12-19-10(13(15,16)17)8-11(20-12)18-7-6-9-4-2-1-3-5-9/h8-9H,1-7H2,(H,18,19,20). The molecule has 0 aliphatic heterocycles. The Balaban J connectivity index is 1.90. The quantitative estimate of drug-likeness (QED) is 0.830. The molecule has 1 N–H and O–H groups in total. The monoisotopic (exact) mass is 307 g/mol. The molecule has 2 rings (SSSR count). The second-order valence-corrected chi connectivity index (χ2v) is 5.46. The summed E-state index contributed by atoms with van der Waals surface area (Å²) in [4.78, 5) is 6.97. The van der Waals surface area contributed by atoms with Crippen molar-refractivity contribution in [2.75, 3.05) is 11.9 Å². The zero-order chi connectivity index (χ0) is 14.6. The van der Waals surface area contributed by atoms with E-state index in [-0.39, 0.29) is 11.1 Å². The molecule has 0 saturated heterocycles. The lowest BCUT2D eigenvalue weighted by Crippen LogP contribution is -2.14. The van der Waals surface area contributed by atoms with Crippen LogP contribution < -0.4 is 5.32 Å². The van der Waals surface area contributed by atoms with Crippen LogP contribution >= 0.6 is 11.6 Å².